The maximum absolute atomic E-state index is 13.4. The number of carbonyl (C=O) groups excluding carboxylic acids is 1. The van der Waals surface area contributed by atoms with E-state index in [9.17, 15) is 9.18 Å². The Morgan fingerprint density at radius 2 is 2.26 bits per heavy atom. The highest BCUT2D eigenvalue weighted by molar-refractivity contribution is 7.99. The summed E-state index contributed by atoms with van der Waals surface area (Å²) in [5, 5.41) is 11.3. The highest BCUT2D eigenvalue weighted by atomic mass is 32.2. The quantitative estimate of drug-likeness (QED) is 0.714. The Labute approximate surface area is 116 Å². The second kappa shape index (κ2) is 8.77. The van der Waals surface area contributed by atoms with Gasteiger partial charge in [-0.25, -0.2) is 4.39 Å². The van der Waals surface area contributed by atoms with Crippen LogP contribution in [0.2, 0.25) is 0 Å². The molecule has 0 fully saturated rings. The van der Waals surface area contributed by atoms with E-state index in [2.05, 4.69) is 5.32 Å². The lowest BCUT2D eigenvalue weighted by molar-refractivity contribution is 0.0955. The molecule has 106 valence electrons. The molecular formula is C13H18FNO3S. The molecule has 0 heterocycles. The molecule has 1 rings (SSSR count). The monoisotopic (exact) mass is 287 g/mol. The van der Waals surface area contributed by atoms with Crippen LogP contribution in [0.15, 0.2) is 18.2 Å². The minimum absolute atomic E-state index is 0.121. The topological polar surface area (TPSA) is 58.6 Å². The number of aliphatic hydroxyl groups excluding tert-OH is 1. The number of methoxy groups -OCH3 is 1. The van der Waals surface area contributed by atoms with Gasteiger partial charge < -0.3 is 15.2 Å². The molecule has 0 spiro atoms. The zero-order valence-electron chi connectivity index (χ0n) is 10.8. The average molecular weight is 287 g/mol. The molecule has 1 aromatic carbocycles. The van der Waals surface area contributed by atoms with Crippen molar-refractivity contribution >= 4 is 17.7 Å². The van der Waals surface area contributed by atoms with Crippen LogP contribution in [0.3, 0.4) is 0 Å². The average Bonchev–Trinajstić information content (AvgIpc) is 2.42. The largest absolute Gasteiger partial charge is 0.494 e. The Morgan fingerprint density at radius 3 is 2.89 bits per heavy atom. The first-order valence-corrected chi connectivity index (χ1v) is 7.15. The molecule has 19 heavy (non-hydrogen) atoms. The summed E-state index contributed by atoms with van der Waals surface area (Å²) in [7, 11) is 1.38. The smallest absolute Gasteiger partial charge is 0.251 e. The Balaban J connectivity index is 2.35. The predicted octanol–water partition coefficient (Wildman–Crippen LogP) is 1.68. The number of thioether (sulfide) groups is 1. The number of halogens is 1. The second-order valence-corrected chi connectivity index (χ2v) is 5.02. The summed E-state index contributed by atoms with van der Waals surface area (Å²) >= 11 is 1.66. The van der Waals surface area contributed by atoms with Crippen LogP contribution in [0, 0.1) is 5.82 Å². The SMILES string of the molecule is COc1ccc(C(=O)NCCSCCCO)cc1F. The van der Waals surface area contributed by atoms with Crippen LogP contribution in [0.4, 0.5) is 4.39 Å². The highest BCUT2D eigenvalue weighted by Gasteiger charge is 2.09. The van der Waals surface area contributed by atoms with E-state index in [-0.39, 0.29) is 23.8 Å². The molecule has 0 aliphatic carbocycles. The molecule has 0 bridgehead atoms. The van der Waals surface area contributed by atoms with Gasteiger partial charge in [-0.3, -0.25) is 4.79 Å². The van der Waals surface area contributed by atoms with E-state index in [0.29, 0.717) is 6.54 Å². The zero-order chi connectivity index (χ0) is 14.1. The van der Waals surface area contributed by atoms with Gasteiger partial charge in [-0.2, -0.15) is 11.8 Å². The van der Waals surface area contributed by atoms with Crippen LogP contribution in [0.5, 0.6) is 5.75 Å². The van der Waals surface area contributed by atoms with Crippen LogP contribution in [-0.2, 0) is 0 Å². The summed E-state index contributed by atoms with van der Waals surface area (Å²) in [5.41, 5.74) is 0.277. The molecule has 0 unspecified atom stereocenters. The van der Waals surface area contributed by atoms with E-state index in [0.717, 1.165) is 24.0 Å². The van der Waals surface area contributed by atoms with E-state index >= 15 is 0 Å². The van der Waals surface area contributed by atoms with Crippen molar-refractivity contribution in [2.45, 2.75) is 6.42 Å². The number of rotatable bonds is 8. The minimum Gasteiger partial charge on any atom is -0.494 e. The van der Waals surface area contributed by atoms with Crippen molar-refractivity contribution in [1.82, 2.24) is 5.32 Å². The molecule has 0 radical (unpaired) electrons. The normalized spacial score (nSPS) is 10.3. The van der Waals surface area contributed by atoms with Gasteiger partial charge in [0.2, 0.25) is 0 Å². The van der Waals surface area contributed by atoms with E-state index in [4.69, 9.17) is 9.84 Å². The van der Waals surface area contributed by atoms with Gasteiger partial charge in [-0.1, -0.05) is 0 Å². The lowest BCUT2D eigenvalue weighted by Gasteiger charge is -2.07. The molecule has 1 amide bonds. The van der Waals surface area contributed by atoms with Crippen molar-refractivity contribution in [1.29, 1.82) is 0 Å². The molecule has 0 saturated carbocycles. The van der Waals surface area contributed by atoms with Crippen LogP contribution in [0.25, 0.3) is 0 Å². The molecule has 0 aromatic heterocycles. The van der Waals surface area contributed by atoms with Crippen molar-refractivity contribution < 1.29 is 19.0 Å². The first kappa shape index (κ1) is 15.8. The Bertz CT molecular complexity index is 415. The van der Waals surface area contributed by atoms with Gasteiger partial charge in [-0.15, -0.1) is 0 Å². The van der Waals surface area contributed by atoms with Crippen molar-refractivity contribution in [3.8, 4) is 5.75 Å². The van der Waals surface area contributed by atoms with Crippen LogP contribution >= 0.6 is 11.8 Å². The Morgan fingerprint density at radius 1 is 1.47 bits per heavy atom. The summed E-state index contributed by atoms with van der Waals surface area (Å²) in [6.07, 6.45) is 0.752. The molecule has 0 saturated heterocycles. The fourth-order valence-electron chi connectivity index (χ4n) is 1.42. The van der Waals surface area contributed by atoms with Crippen LogP contribution in [-0.4, -0.2) is 42.8 Å². The van der Waals surface area contributed by atoms with Crippen molar-refractivity contribution in [3.05, 3.63) is 29.6 Å². The maximum Gasteiger partial charge on any atom is 0.251 e. The fraction of sp³-hybridized carbons (Fsp3) is 0.462. The van der Waals surface area contributed by atoms with Gasteiger partial charge >= 0.3 is 0 Å². The van der Waals surface area contributed by atoms with Gasteiger partial charge in [0.15, 0.2) is 11.6 Å². The number of benzene rings is 1. The minimum atomic E-state index is -0.549. The van der Waals surface area contributed by atoms with Crippen molar-refractivity contribution in [3.63, 3.8) is 0 Å². The molecule has 0 aliphatic rings. The summed E-state index contributed by atoms with van der Waals surface area (Å²) in [5.74, 6) is 0.904. The third-order valence-electron chi connectivity index (χ3n) is 2.39. The highest BCUT2D eigenvalue weighted by Crippen LogP contribution is 2.17. The van der Waals surface area contributed by atoms with Gasteiger partial charge in [0.1, 0.15) is 0 Å². The van der Waals surface area contributed by atoms with Crippen LogP contribution < -0.4 is 10.1 Å². The zero-order valence-corrected chi connectivity index (χ0v) is 11.6. The summed E-state index contributed by atoms with van der Waals surface area (Å²) < 4.78 is 18.2. The number of nitrogens with one attached hydrogen (secondary N) is 1. The van der Waals surface area contributed by atoms with Gasteiger partial charge in [0, 0.05) is 24.5 Å². The lowest BCUT2D eigenvalue weighted by atomic mass is 10.2. The van der Waals surface area contributed by atoms with Crippen molar-refractivity contribution in [2.75, 3.05) is 31.8 Å². The molecule has 1 aromatic rings. The number of hydrogen-bond acceptors (Lipinski definition) is 4. The maximum atomic E-state index is 13.4. The fourth-order valence-corrected chi connectivity index (χ4v) is 2.20. The van der Waals surface area contributed by atoms with E-state index in [1.807, 2.05) is 0 Å². The summed E-state index contributed by atoms with van der Waals surface area (Å²) in [6, 6.07) is 4.11. The lowest BCUT2D eigenvalue weighted by Crippen LogP contribution is -2.25. The summed E-state index contributed by atoms with van der Waals surface area (Å²) in [6.45, 7) is 0.701. The molecule has 2 N–H and O–H groups in total. The number of amides is 1. The van der Waals surface area contributed by atoms with Gasteiger partial charge in [-0.05, 0) is 30.4 Å². The third-order valence-corrected chi connectivity index (χ3v) is 3.46. The van der Waals surface area contributed by atoms with Gasteiger partial charge in [0.25, 0.3) is 5.91 Å². The Kier molecular flexibility index (Phi) is 7.28. The predicted molar refractivity (Wildman–Crippen MR) is 74.3 cm³/mol. The van der Waals surface area contributed by atoms with Crippen molar-refractivity contribution in [2.24, 2.45) is 0 Å². The second-order valence-electron chi connectivity index (χ2n) is 3.79. The summed E-state index contributed by atoms with van der Waals surface area (Å²) in [4.78, 5) is 11.7. The first-order valence-electron chi connectivity index (χ1n) is 5.99. The number of hydrogen-bond donors (Lipinski definition) is 2. The molecule has 0 aliphatic heterocycles. The molecular weight excluding hydrogens is 269 g/mol. The first-order chi connectivity index (χ1) is 9.19. The Hall–Kier alpha value is -1.27. The molecule has 6 heteroatoms. The third kappa shape index (κ3) is 5.48. The van der Waals surface area contributed by atoms with E-state index in [1.165, 1.54) is 19.2 Å². The number of ether oxygens (including phenoxy) is 1. The molecule has 4 nitrogen and oxygen atoms in total. The number of aliphatic hydroxyl groups is 1. The standard InChI is InChI=1S/C13H18FNO3S/c1-18-12-4-3-10(9-11(12)14)13(17)15-5-8-19-7-2-6-16/h3-4,9,16H,2,5-8H2,1H3,(H,15,17). The van der Waals surface area contributed by atoms with E-state index in [1.54, 1.807) is 11.8 Å². The van der Waals surface area contributed by atoms with Gasteiger partial charge in [0.05, 0.1) is 7.11 Å². The number of carbonyl (C=O) groups is 1. The van der Waals surface area contributed by atoms with Crippen LogP contribution in [0.1, 0.15) is 16.8 Å². The van der Waals surface area contributed by atoms with E-state index < -0.39 is 5.82 Å². The molecule has 0 atom stereocenters.